The van der Waals surface area contributed by atoms with E-state index in [-0.39, 0.29) is 28.3 Å². The second kappa shape index (κ2) is 9.43. The number of hydrogen-bond donors (Lipinski definition) is 3. The number of aromatic amines is 1. The molecule has 1 aliphatic heterocycles. The van der Waals surface area contributed by atoms with Crippen LogP contribution in [0.25, 0.3) is 0 Å². The molecule has 0 atom stereocenters. The Labute approximate surface area is 170 Å². The van der Waals surface area contributed by atoms with Crippen LogP contribution in [0.1, 0.15) is 10.4 Å². The number of carbonyl (C=O) groups excluding carboxylic acids is 2. The maximum Gasteiger partial charge on any atom is 0.277 e. The molecule has 10 nitrogen and oxygen atoms in total. The number of nitrogens with one attached hydrogen (secondary N) is 2. The highest BCUT2D eigenvalue weighted by Gasteiger charge is 2.18. The summed E-state index contributed by atoms with van der Waals surface area (Å²) in [4.78, 5) is 45.2. The Bertz CT molecular complexity index is 941. The summed E-state index contributed by atoms with van der Waals surface area (Å²) in [6.07, 6.45) is 0. The first-order chi connectivity index (χ1) is 14.0. The van der Waals surface area contributed by atoms with Gasteiger partial charge in [-0.15, -0.1) is 0 Å². The molecule has 2 amide bonds. The van der Waals surface area contributed by atoms with Gasteiger partial charge in [0.25, 0.3) is 11.5 Å². The highest BCUT2D eigenvalue weighted by molar-refractivity contribution is 7.99. The lowest BCUT2D eigenvalue weighted by molar-refractivity contribution is -0.132. The van der Waals surface area contributed by atoms with Crippen molar-refractivity contribution in [3.05, 3.63) is 40.2 Å². The minimum atomic E-state index is -0.597. The fraction of sp³-hybridized carbons (Fsp3) is 0.333. The van der Waals surface area contributed by atoms with Gasteiger partial charge in [0, 0.05) is 18.7 Å². The number of methoxy groups -OCH3 is 1. The minimum Gasteiger partial charge on any atom is -0.497 e. The molecule has 29 heavy (non-hydrogen) atoms. The van der Waals surface area contributed by atoms with Crippen molar-refractivity contribution in [3.63, 3.8) is 0 Å². The van der Waals surface area contributed by atoms with Crippen LogP contribution in [0.5, 0.6) is 5.75 Å². The summed E-state index contributed by atoms with van der Waals surface area (Å²) in [5.41, 5.74) is 5.44. The van der Waals surface area contributed by atoms with Crippen LogP contribution < -0.4 is 21.3 Å². The topological polar surface area (TPSA) is 140 Å². The van der Waals surface area contributed by atoms with Crippen LogP contribution in [0.15, 0.2) is 34.2 Å². The van der Waals surface area contributed by atoms with E-state index >= 15 is 0 Å². The van der Waals surface area contributed by atoms with Gasteiger partial charge in [0.05, 0.1) is 26.1 Å². The lowest BCUT2D eigenvalue weighted by Gasteiger charge is -2.26. The van der Waals surface area contributed by atoms with Crippen molar-refractivity contribution < 1.29 is 19.1 Å². The molecule has 1 fully saturated rings. The highest BCUT2D eigenvalue weighted by atomic mass is 32.2. The fourth-order valence-corrected chi connectivity index (χ4v) is 3.39. The number of rotatable bonds is 6. The van der Waals surface area contributed by atoms with Crippen molar-refractivity contribution in [3.8, 4) is 5.75 Å². The lowest BCUT2D eigenvalue weighted by Crippen LogP contribution is -2.41. The molecule has 0 aliphatic carbocycles. The Balaban J connectivity index is 1.64. The molecule has 154 valence electrons. The summed E-state index contributed by atoms with van der Waals surface area (Å²) in [6, 6.07) is 6.39. The largest absolute Gasteiger partial charge is 0.497 e. The van der Waals surface area contributed by atoms with Crippen molar-refractivity contribution in [1.29, 1.82) is 0 Å². The van der Waals surface area contributed by atoms with Crippen LogP contribution in [-0.4, -0.2) is 65.8 Å². The number of anilines is 2. The zero-order valence-corrected chi connectivity index (χ0v) is 16.6. The molecule has 0 bridgehead atoms. The molecule has 2 heterocycles. The Morgan fingerprint density at radius 1 is 1.31 bits per heavy atom. The number of thioether (sulfide) groups is 1. The number of aromatic nitrogens is 2. The van der Waals surface area contributed by atoms with E-state index in [4.69, 9.17) is 15.2 Å². The lowest BCUT2D eigenvalue weighted by atomic mass is 10.2. The summed E-state index contributed by atoms with van der Waals surface area (Å²) in [5, 5.41) is 2.67. The van der Waals surface area contributed by atoms with E-state index in [1.54, 1.807) is 29.2 Å². The van der Waals surface area contributed by atoms with Crippen molar-refractivity contribution in [2.24, 2.45) is 0 Å². The Hall–Kier alpha value is -3.05. The molecule has 4 N–H and O–H groups in total. The van der Waals surface area contributed by atoms with Crippen molar-refractivity contribution in [2.75, 3.05) is 50.2 Å². The van der Waals surface area contributed by atoms with E-state index in [2.05, 4.69) is 15.3 Å². The van der Waals surface area contributed by atoms with Gasteiger partial charge in [-0.25, -0.2) is 4.98 Å². The Morgan fingerprint density at radius 3 is 2.62 bits per heavy atom. The van der Waals surface area contributed by atoms with Crippen molar-refractivity contribution in [2.45, 2.75) is 5.16 Å². The molecule has 3 rings (SSSR count). The van der Waals surface area contributed by atoms with Gasteiger partial charge in [0.1, 0.15) is 11.4 Å². The third-order valence-corrected chi connectivity index (χ3v) is 5.07. The molecule has 2 aromatic rings. The Kier molecular flexibility index (Phi) is 6.73. The number of H-pyrrole nitrogens is 1. The standard InChI is InChI=1S/C18H21N5O5S/c1-27-12-4-2-11(3-5-12)16(25)20-14-15(19)21-18(22-17(14)26)29-10-13(24)23-6-8-28-9-7-23/h2-5H,6-10H2,1H3,(H,20,25)(H3,19,21,22,26). The summed E-state index contributed by atoms with van der Waals surface area (Å²) in [7, 11) is 1.52. The van der Waals surface area contributed by atoms with Crippen LogP contribution in [0.4, 0.5) is 11.5 Å². The van der Waals surface area contributed by atoms with Gasteiger partial charge in [-0.05, 0) is 24.3 Å². The third kappa shape index (κ3) is 5.27. The first-order valence-corrected chi connectivity index (χ1v) is 9.80. The zero-order valence-electron chi connectivity index (χ0n) is 15.8. The number of benzene rings is 1. The van der Waals surface area contributed by atoms with E-state index in [1.807, 2.05) is 0 Å². The second-order valence-corrected chi connectivity index (χ2v) is 7.06. The molecular weight excluding hydrogens is 398 g/mol. The van der Waals surface area contributed by atoms with Gasteiger partial charge >= 0.3 is 0 Å². The summed E-state index contributed by atoms with van der Waals surface area (Å²) in [6.45, 7) is 2.12. The van der Waals surface area contributed by atoms with Crippen LogP contribution in [0.2, 0.25) is 0 Å². The van der Waals surface area contributed by atoms with Crippen LogP contribution in [0.3, 0.4) is 0 Å². The molecule has 1 aromatic heterocycles. The maximum atomic E-state index is 12.3. The summed E-state index contributed by atoms with van der Waals surface area (Å²) < 4.78 is 10.3. The predicted molar refractivity (Wildman–Crippen MR) is 108 cm³/mol. The number of ether oxygens (including phenoxy) is 2. The molecule has 1 aliphatic rings. The quantitative estimate of drug-likeness (QED) is 0.456. The average molecular weight is 419 g/mol. The molecule has 0 unspecified atom stereocenters. The molecule has 0 saturated carbocycles. The fourth-order valence-electron chi connectivity index (χ4n) is 2.62. The first kappa shape index (κ1) is 20.7. The van der Waals surface area contributed by atoms with Crippen LogP contribution >= 0.6 is 11.8 Å². The number of nitrogens with two attached hydrogens (primary N) is 1. The van der Waals surface area contributed by atoms with Crippen molar-refractivity contribution >= 4 is 35.1 Å². The van der Waals surface area contributed by atoms with E-state index in [0.29, 0.717) is 37.6 Å². The third-order valence-electron chi connectivity index (χ3n) is 4.21. The molecule has 11 heteroatoms. The highest BCUT2D eigenvalue weighted by Crippen LogP contribution is 2.18. The number of carbonyl (C=O) groups is 2. The van der Waals surface area contributed by atoms with E-state index in [1.165, 1.54) is 7.11 Å². The number of nitrogen functional groups attached to an aromatic ring is 1. The number of nitrogens with zero attached hydrogens (tertiary/aromatic N) is 2. The van der Waals surface area contributed by atoms with E-state index in [9.17, 15) is 14.4 Å². The number of hydrogen-bond acceptors (Lipinski definition) is 8. The SMILES string of the molecule is COc1ccc(C(=O)Nc2c(N)nc(SCC(=O)N3CCOCC3)[nH]c2=O)cc1. The average Bonchev–Trinajstić information content (AvgIpc) is 2.75. The number of morpholine rings is 1. The van der Waals surface area contributed by atoms with Crippen LogP contribution in [-0.2, 0) is 9.53 Å². The number of amides is 2. The minimum absolute atomic E-state index is 0.0728. The first-order valence-electron chi connectivity index (χ1n) is 8.81. The molecular formula is C18H21N5O5S. The van der Waals surface area contributed by atoms with Gasteiger partial charge in [-0.2, -0.15) is 0 Å². The van der Waals surface area contributed by atoms with Gasteiger partial charge in [0.15, 0.2) is 11.0 Å². The maximum absolute atomic E-state index is 12.3. The van der Waals surface area contributed by atoms with Gasteiger partial charge < -0.3 is 25.4 Å². The summed E-state index contributed by atoms with van der Waals surface area (Å²) in [5.74, 6) is 0.0106. The molecule has 1 aromatic carbocycles. The van der Waals surface area contributed by atoms with Crippen LogP contribution in [0, 0.1) is 0 Å². The van der Waals surface area contributed by atoms with Gasteiger partial charge in [-0.1, -0.05) is 11.8 Å². The zero-order chi connectivity index (χ0) is 20.8. The van der Waals surface area contributed by atoms with E-state index < -0.39 is 11.5 Å². The summed E-state index contributed by atoms with van der Waals surface area (Å²) >= 11 is 1.07. The van der Waals surface area contributed by atoms with Gasteiger partial charge in [0.2, 0.25) is 5.91 Å². The van der Waals surface area contributed by atoms with Gasteiger partial charge in [-0.3, -0.25) is 19.4 Å². The predicted octanol–water partition coefficient (Wildman–Crippen LogP) is 0.564. The second-order valence-electron chi connectivity index (χ2n) is 6.10. The van der Waals surface area contributed by atoms with Crippen molar-refractivity contribution in [1.82, 2.24) is 14.9 Å². The Morgan fingerprint density at radius 2 is 2.00 bits per heavy atom. The molecule has 0 spiro atoms. The monoisotopic (exact) mass is 419 g/mol. The van der Waals surface area contributed by atoms with E-state index in [0.717, 1.165) is 11.8 Å². The normalized spacial score (nSPS) is 13.8. The molecule has 0 radical (unpaired) electrons. The smallest absolute Gasteiger partial charge is 0.277 e. The molecule has 1 saturated heterocycles.